The molecule has 0 N–H and O–H groups in total. The summed E-state index contributed by atoms with van der Waals surface area (Å²) in [6.45, 7) is 2.30. The monoisotopic (exact) mass is 278 g/mol. The quantitative estimate of drug-likeness (QED) is 0.847. The summed E-state index contributed by atoms with van der Waals surface area (Å²) in [6, 6.07) is 3.78. The number of carbonyl (C=O) groups is 2. The van der Waals surface area contributed by atoms with E-state index in [0.717, 1.165) is 30.8 Å². The van der Waals surface area contributed by atoms with Gasteiger partial charge in [-0.2, -0.15) is 0 Å². The van der Waals surface area contributed by atoms with Gasteiger partial charge >= 0.3 is 0 Å². The first kappa shape index (κ1) is 12.7. The van der Waals surface area contributed by atoms with Crippen molar-refractivity contribution >= 4 is 23.2 Å². The molecule has 2 saturated heterocycles. The summed E-state index contributed by atoms with van der Waals surface area (Å²) in [5.74, 6) is 0.269. The van der Waals surface area contributed by atoms with Crippen molar-refractivity contribution in [3.05, 3.63) is 22.4 Å². The largest absolute Gasteiger partial charge is 0.341 e. The summed E-state index contributed by atoms with van der Waals surface area (Å²) in [7, 11) is 0. The van der Waals surface area contributed by atoms with Gasteiger partial charge in [0.25, 0.3) is 0 Å². The molecule has 2 fully saturated rings. The van der Waals surface area contributed by atoms with E-state index in [1.165, 1.54) is 0 Å². The first-order chi connectivity index (χ1) is 9.25. The van der Waals surface area contributed by atoms with Crippen LogP contribution in [-0.2, 0) is 16.1 Å². The molecular weight excluding hydrogens is 260 g/mol. The molecule has 0 spiro atoms. The van der Waals surface area contributed by atoms with Crippen molar-refractivity contribution in [2.24, 2.45) is 0 Å². The topological polar surface area (TPSA) is 40.6 Å². The number of rotatable bonds is 3. The Kier molecular flexibility index (Phi) is 3.55. The van der Waals surface area contributed by atoms with Crippen LogP contribution in [0, 0.1) is 0 Å². The molecule has 102 valence electrons. The molecule has 2 aliphatic heterocycles. The Hall–Kier alpha value is -1.36. The highest BCUT2D eigenvalue weighted by Crippen LogP contribution is 2.25. The SMILES string of the molecule is O=C(C1CCC(=O)N1Cc1cccs1)N1CCCC1. The van der Waals surface area contributed by atoms with Gasteiger partial charge in [0, 0.05) is 24.4 Å². The standard InChI is InChI=1S/C14H18N2O2S/c17-13-6-5-12(14(18)15-7-1-2-8-15)16(13)10-11-4-3-9-19-11/h3-4,9,12H,1-2,5-8,10H2. The lowest BCUT2D eigenvalue weighted by molar-refractivity contribution is -0.141. The number of carbonyl (C=O) groups excluding carboxylic acids is 2. The second-order valence-electron chi connectivity index (χ2n) is 5.19. The number of thiophene rings is 1. The van der Waals surface area contributed by atoms with E-state index < -0.39 is 0 Å². The van der Waals surface area contributed by atoms with Crippen LogP contribution in [0.2, 0.25) is 0 Å². The van der Waals surface area contributed by atoms with Crippen molar-refractivity contribution in [1.29, 1.82) is 0 Å². The first-order valence-corrected chi connectivity index (χ1v) is 7.74. The summed E-state index contributed by atoms with van der Waals surface area (Å²) >= 11 is 1.64. The minimum absolute atomic E-state index is 0.117. The van der Waals surface area contributed by atoms with Gasteiger partial charge in [-0.15, -0.1) is 11.3 Å². The minimum atomic E-state index is -0.229. The summed E-state index contributed by atoms with van der Waals surface area (Å²) in [5.41, 5.74) is 0. The van der Waals surface area contributed by atoms with E-state index in [1.807, 2.05) is 22.4 Å². The highest BCUT2D eigenvalue weighted by atomic mass is 32.1. The van der Waals surface area contributed by atoms with Gasteiger partial charge in [-0.25, -0.2) is 0 Å². The van der Waals surface area contributed by atoms with Gasteiger partial charge in [0.1, 0.15) is 6.04 Å². The Morgan fingerprint density at radius 2 is 2.16 bits per heavy atom. The molecule has 19 heavy (non-hydrogen) atoms. The summed E-state index contributed by atoms with van der Waals surface area (Å²) in [4.78, 5) is 29.3. The molecule has 3 rings (SSSR count). The number of hydrogen-bond donors (Lipinski definition) is 0. The first-order valence-electron chi connectivity index (χ1n) is 6.86. The zero-order valence-electron chi connectivity index (χ0n) is 10.9. The van der Waals surface area contributed by atoms with Crippen molar-refractivity contribution in [3.63, 3.8) is 0 Å². The predicted molar refractivity (Wildman–Crippen MR) is 73.7 cm³/mol. The number of amides is 2. The van der Waals surface area contributed by atoms with Crippen LogP contribution in [0.1, 0.15) is 30.6 Å². The average Bonchev–Trinajstić information content (AvgIpc) is 3.13. The molecule has 2 aliphatic rings. The maximum absolute atomic E-state index is 12.5. The normalized spacial score (nSPS) is 23.4. The molecule has 1 unspecified atom stereocenters. The van der Waals surface area contributed by atoms with Gasteiger partial charge < -0.3 is 9.80 Å². The van der Waals surface area contributed by atoms with E-state index in [-0.39, 0.29) is 17.9 Å². The molecule has 0 saturated carbocycles. The maximum Gasteiger partial charge on any atom is 0.245 e. The highest BCUT2D eigenvalue weighted by molar-refractivity contribution is 7.09. The molecule has 1 aromatic rings. The van der Waals surface area contributed by atoms with E-state index in [0.29, 0.717) is 19.4 Å². The van der Waals surface area contributed by atoms with Crippen molar-refractivity contribution in [2.75, 3.05) is 13.1 Å². The van der Waals surface area contributed by atoms with E-state index >= 15 is 0 Å². The fraction of sp³-hybridized carbons (Fsp3) is 0.571. The van der Waals surface area contributed by atoms with Gasteiger partial charge in [-0.05, 0) is 30.7 Å². The fourth-order valence-electron chi connectivity index (χ4n) is 2.91. The van der Waals surface area contributed by atoms with E-state index in [9.17, 15) is 9.59 Å². The second kappa shape index (κ2) is 5.33. The minimum Gasteiger partial charge on any atom is -0.341 e. The van der Waals surface area contributed by atoms with Gasteiger partial charge in [0.15, 0.2) is 0 Å². The average molecular weight is 278 g/mol. The molecule has 0 aliphatic carbocycles. The summed E-state index contributed by atoms with van der Waals surface area (Å²) in [5, 5.41) is 2.01. The highest BCUT2D eigenvalue weighted by Gasteiger charge is 2.38. The van der Waals surface area contributed by atoms with Gasteiger partial charge in [-0.1, -0.05) is 6.07 Å². The lowest BCUT2D eigenvalue weighted by atomic mass is 10.2. The predicted octanol–water partition coefficient (Wildman–Crippen LogP) is 1.86. The lowest BCUT2D eigenvalue weighted by Gasteiger charge is -2.27. The molecular formula is C14H18N2O2S. The lowest BCUT2D eigenvalue weighted by Crippen LogP contribution is -2.45. The van der Waals surface area contributed by atoms with Crippen molar-refractivity contribution in [3.8, 4) is 0 Å². The van der Waals surface area contributed by atoms with Crippen LogP contribution >= 0.6 is 11.3 Å². The molecule has 0 bridgehead atoms. The molecule has 4 nitrogen and oxygen atoms in total. The third kappa shape index (κ3) is 2.52. The molecule has 3 heterocycles. The zero-order valence-corrected chi connectivity index (χ0v) is 11.7. The Morgan fingerprint density at radius 1 is 1.37 bits per heavy atom. The molecule has 0 radical (unpaired) electrons. The van der Waals surface area contributed by atoms with Gasteiger partial charge in [0.05, 0.1) is 6.54 Å². The van der Waals surface area contributed by atoms with Crippen molar-refractivity contribution < 1.29 is 9.59 Å². The van der Waals surface area contributed by atoms with Gasteiger partial charge in [-0.3, -0.25) is 9.59 Å². The van der Waals surface area contributed by atoms with Crippen molar-refractivity contribution in [1.82, 2.24) is 9.80 Å². The molecule has 0 aromatic carbocycles. The maximum atomic E-state index is 12.5. The summed E-state index contributed by atoms with van der Waals surface area (Å²) in [6.07, 6.45) is 3.38. The molecule has 1 aromatic heterocycles. The Bertz CT molecular complexity index is 466. The third-order valence-electron chi connectivity index (χ3n) is 3.94. The van der Waals surface area contributed by atoms with Crippen LogP contribution in [0.4, 0.5) is 0 Å². The van der Waals surface area contributed by atoms with E-state index in [4.69, 9.17) is 0 Å². The molecule has 1 atom stereocenters. The van der Waals surface area contributed by atoms with Crippen LogP contribution in [0.3, 0.4) is 0 Å². The Morgan fingerprint density at radius 3 is 2.84 bits per heavy atom. The van der Waals surface area contributed by atoms with Crippen LogP contribution in [0.5, 0.6) is 0 Å². The van der Waals surface area contributed by atoms with Crippen LogP contribution in [-0.4, -0.2) is 40.7 Å². The van der Waals surface area contributed by atoms with Gasteiger partial charge in [0.2, 0.25) is 11.8 Å². The number of likely N-dealkylation sites (tertiary alicyclic amines) is 2. The van der Waals surface area contributed by atoms with Crippen LogP contribution in [0.15, 0.2) is 17.5 Å². The Labute approximate surface area is 117 Å². The zero-order chi connectivity index (χ0) is 13.2. The van der Waals surface area contributed by atoms with Crippen LogP contribution in [0.25, 0.3) is 0 Å². The molecule has 5 heteroatoms. The van der Waals surface area contributed by atoms with E-state index in [2.05, 4.69) is 0 Å². The molecule has 2 amide bonds. The second-order valence-corrected chi connectivity index (χ2v) is 6.22. The Balaban J connectivity index is 1.72. The smallest absolute Gasteiger partial charge is 0.245 e. The van der Waals surface area contributed by atoms with Crippen LogP contribution < -0.4 is 0 Å². The number of hydrogen-bond acceptors (Lipinski definition) is 3. The van der Waals surface area contributed by atoms with E-state index in [1.54, 1.807) is 16.2 Å². The fourth-order valence-corrected chi connectivity index (χ4v) is 3.61. The number of nitrogens with zero attached hydrogens (tertiary/aromatic N) is 2. The van der Waals surface area contributed by atoms with Crippen molar-refractivity contribution in [2.45, 2.75) is 38.3 Å². The summed E-state index contributed by atoms with van der Waals surface area (Å²) < 4.78 is 0. The third-order valence-corrected chi connectivity index (χ3v) is 4.80.